The summed E-state index contributed by atoms with van der Waals surface area (Å²) in [4.78, 5) is 21.6. The van der Waals surface area contributed by atoms with E-state index in [1.165, 1.54) is 11.3 Å². The zero-order valence-corrected chi connectivity index (χ0v) is 21.1. The number of aryl methyl sites for hydroxylation is 1. The molecule has 1 heterocycles. The molecule has 174 valence electrons. The number of thiazole rings is 1. The minimum Gasteiger partial charge on any atom is -0.494 e. The van der Waals surface area contributed by atoms with Crippen LogP contribution in [-0.4, -0.2) is 56.2 Å². The number of ether oxygens (including phenoxy) is 2. The van der Waals surface area contributed by atoms with Crippen molar-refractivity contribution in [1.29, 1.82) is 0 Å². The van der Waals surface area contributed by atoms with Crippen LogP contribution < -0.4 is 14.4 Å². The van der Waals surface area contributed by atoms with Gasteiger partial charge in [0.25, 0.3) is 5.91 Å². The lowest BCUT2D eigenvalue weighted by molar-refractivity contribution is -0.120. The van der Waals surface area contributed by atoms with E-state index in [4.69, 9.17) is 26.1 Å². The van der Waals surface area contributed by atoms with Crippen molar-refractivity contribution in [2.45, 2.75) is 20.3 Å². The number of carbonyl (C=O) groups excluding carboxylic acids is 1. The van der Waals surface area contributed by atoms with Crippen LogP contribution in [0.2, 0.25) is 5.02 Å². The number of amides is 1. The van der Waals surface area contributed by atoms with Crippen LogP contribution in [0.15, 0.2) is 36.4 Å². The van der Waals surface area contributed by atoms with Gasteiger partial charge in [0.15, 0.2) is 11.7 Å². The third-order valence-electron chi connectivity index (χ3n) is 4.70. The van der Waals surface area contributed by atoms with Crippen LogP contribution in [0.4, 0.5) is 5.13 Å². The third-order valence-corrected chi connectivity index (χ3v) is 6.24. The van der Waals surface area contributed by atoms with Gasteiger partial charge in [-0.2, -0.15) is 0 Å². The van der Waals surface area contributed by atoms with Gasteiger partial charge in [0.2, 0.25) is 0 Å². The van der Waals surface area contributed by atoms with Crippen LogP contribution in [0, 0.1) is 6.92 Å². The standard InChI is InChI=1S/C23H28ClN3O3S.ClH/c1-5-29-17-8-10-18(11-9-17)30-15-20(28)27(14-6-13-26(3)4)23-25-21-16(2)7-12-19(24)22(21)31-23;/h7-12H,5-6,13-15H2,1-4H3;1H. The molecule has 3 rings (SSSR count). The second-order valence-corrected chi connectivity index (χ2v) is 8.82. The molecule has 6 nitrogen and oxygen atoms in total. The minimum atomic E-state index is -0.138. The van der Waals surface area contributed by atoms with E-state index in [0.29, 0.717) is 29.1 Å². The van der Waals surface area contributed by atoms with E-state index in [-0.39, 0.29) is 24.9 Å². The average Bonchev–Trinajstić information content (AvgIpc) is 3.20. The van der Waals surface area contributed by atoms with Crippen molar-refractivity contribution < 1.29 is 14.3 Å². The highest BCUT2D eigenvalue weighted by atomic mass is 35.5. The fraction of sp³-hybridized carbons (Fsp3) is 0.391. The fourth-order valence-corrected chi connectivity index (χ4v) is 4.46. The molecule has 0 aliphatic rings. The van der Waals surface area contributed by atoms with E-state index >= 15 is 0 Å². The van der Waals surface area contributed by atoms with Crippen molar-refractivity contribution in [3.05, 3.63) is 47.0 Å². The summed E-state index contributed by atoms with van der Waals surface area (Å²) in [6, 6.07) is 11.1. The van der Waals surface area contributed by atoms with Crippen molar-refractivity contribution in [3.8, 4) is 11.5 Å². The lowest BCUT2D eigenvalue weighted by atomic mass is 10.2. The van der Waals surface area contributed by atoms with E-state index in [1.54, 1.807) is 17.0 Å². The Morgan fingerprint density at radius 3 is 2.31 bits per heavy atom. The molecule has 0 unspecified atom stereocenters. The Morgan fingerprint density at radius 2 is 1.72 bits per heavy atom. The van der Waals surface area contributed by atoms with Gasteiger partial charge >= 0.3 is 0 Å². The molecule has 0 saturated carbocycles. The van der Waals surface area contributed by atoms with Crippen LogP contribution in [0.3, 0.4) is 0 Å². The molecule has 2 aromatic carbocycles. The summed E-state index contributed by atoms with van der Waals surface area (Å²) >= 11 is 7.81. The topological polar surface area (TPSA) is 54.9 Å². The fourth-order valence-electron chi connectivity index (χ4n) is 3.10. The van der Waals surface area contributed by atoms with Crippen molar-refractivity contribution in [1.82, 2.24) is 9.88 Å². The van der Waals surface area contributed by atoms with Crippen molar-refractivity contribution >= 4 is 56.6 Å². The predicted molar refractivity (Wildman–Crippen MR) is 135 cm³/mol. The molecule has 3 aromatic rings. The van der Waals surface area contributed by atoms with Gasteiger partial charge in [-0.1, -0.05) is 29.0 Å². The number of halogens is 2. The first kappa shape index (κ1) is 26.2. The number of aromatic nitrogens is 1. The van der Waals surface area contributed by atoms with Crippen molar-refractivity contribution in [3.63, 3.8) is 0 Å². The zero-order chi connectivity index (χ0) is 22.4. The SMILES string of the molecule is CCOc1ccc(OCC(=O)N(CCCN(C)C)c2nc3c(C)ccc(Cl)c3s2)cc1.Cl. The Kier molecular flexibility index (Phi) is 10.0. The van der Waals surface area contributed by atoms with Crippen LogP contribution in [0.25, 0.3) is 10.2 Å². The number of anilines is 1. The lowest BCUT2D eigenvalue weighted by Gasteiger charge is -2.21. The maximum absolute atomic E-state index is 13.1. The summed E-state index contributed by atoms with van der Waals surface area (Å²) in [5.74, 6) is 1.25. The first-order valence-corrected chi connectivity index (χ1v) is 11.4. The molecular formula is C23H29Cl2N3O3S. The molecule has 32 heavy (non-hydrogen) atoms. The average molecular weight is 498 g/mol. The smallest absolute Gasteiger partial charge is 0.266 e. The Labute approximate surface area is 204 Å². The molecule has 0 fully saturated rings. The lowest BCUT2D eigenvalue weighted by Crippen LogP contribution is -2.36. The van der Waals surface area contributed by atoms with Gasteiger partial charge in [-0.3, -0.25) is 9.69 Å². The second kappa shape index (κ2) is 12.3. The summed E-state index contributed by atoms with van der Waals surface area (Å²) in [6.07, 6.45) is 0.824. The van der Waals surface area contributed by atoms with Crippen LogP contribution in [-0.2, 0) is 4.79 Å². The number of nitrogens with zero attached hydrogens (tertiary/aromatic N) is 3. The predicted octanol–water partition coefficient (Wildman–Crippen LogP) is 5.44. The molecule has 0 N–H and O–H groups in total. The van der Waals surface area contributed by atoms with E-state index in [2.05, 4.69) is 4.90 Å². The minimum absolute atomic E-state index is 0. The van der Waals surface area contributed by atoms with Crippen molar-refractivity contribution in [2.24, 2.45) is 0 Å². The molecule has 0 atom stereocenters. The molecule has 1 amide bonds. The first-order chi connectivity index (χ1) is 14.9. The van der Waals surface area contributed by atoms with E-state index in [1.807, 2.05) is 52.2 Å². The van der Waals surface area contributed by atoms with Gasteiger partial charge in [0.05, 0.1) is 21.8 Å². The Balaban J connectivity index is 0.00000363. The van der Waals surface area contributed by atoms with Crippen LogP contribution in [0.1, 0.15) is 18.9 Å². The van der Waals surface area contributed by atoms with Crippen LogP contribution in [0.5, 0.6) is 11.5 Å². The van der Waals surface area contributed by atoms with E-state index < -0.39 is 0 Å². The maximum atomic E-state index is 13.1. The van der Waals surface area contributed by atoms with Gasteiger partial charge in [0, 0.05) is 6.54 Å². The number of benzene rings is 2. The summed E-state index contributed by atoms with van der Waals surface area (Å²) in [6.45, 7) is 5.89. The molecule has 1 aromatic heterocycles. The highest BCUT2D eigenvalue weighted by molar-refractivity contribution is 7.23. The van der Waals surface area contributed by atoms with Gasteiger partial charge < -0.3 is 14.4 Å². The molecular weight excluding hydrogens is 469 g/mol. The van der Waals surface area contributed by atoms with Gasteiger partial charge in [0.1, 0.15) is 11.5 Å². The molecule has 0 spiro atoms. The van der Waals surface area contributed by atoms with Crippen molar-refractivity contribution in [2.75, 3.05) is 45.3 Å². The third kappa shape index (κ3) is 6.72. The maximum Gasteiger partial charge on any atom is 0.266 e. The monoisotopic (exact) mass is 497 g/mol. The summed E-state index contributed by atoms with van der Waals surface area (Å²) in [7, 11) is 4.03. The Bertz CT molecular complexity index is 986. The molecule has 0 bridgehead atoms. The van der Waals surface area contributed by atoms with E-state index in [0.717, 1.165) is 34.5 Å². The second-order valence-electron chi connectivity index (χ2n) is 7.43. The highest BCUT2D eigenvalue weighted by Crippen LogP contribution is 2.35. The first-order valence-electron chi connectivity index (χ1n) is 10.3. The summed E-state index contributed by atoms with van der Waals surface area (Å²) in [5, 5.41) is 1.29. The largest absolute Gasteiger partial charge is 0.494 e. The molecule has 9 heteroatoms. The zero-order valence-electron chi connectivity index (χ0n) is 18.8. The Hall–Kier alpha value is -2.06. The summed E-state index contributed by atoms with van der Waals surface area (Å²) in [5.41, 5.74) is 1.87. The highest BCUT2D eigenvalue weighted by Gasteiger charge is 2.21. The Morgan fingerprint density at radius 1 is 1.06 bits per heavy atom. The van der Waals surface area contributed by atoms with Gasteiger partial charge in [-0.05, 0) is 76.8 Å². The summed E-state index contributed by atoms with van der Waals surface area (Å²) < 4.78 is 12.1. The quantitative estimate of drug-likeness (QED) is 0.373. The number of carbonyl (C=O) groups is 1. The normalized spacial score (nSPS) is 10.8. The number of hydrogen-bond acceptors (Lipinski definition) is 6. The number of hydrogen-bond donors (Lipinski definition) is 0. The molecule has 0 saturated heterocycles. The number of rotatable bonds is 10. The van der Waals surface area contributed by atoms with Gasteiger partial charge in [-0.15, -0.1) is 12.4 Å². The van der Waals surface area contributed by atoms with Gasteiger partial charge in [-0.25, -0.2) is 4.98 Å². The molecule has 0 aliphatic carbocycles. The molecule has 0 aliphatic heterocycles. The number of fused-ring (bicyclic) bond motifs is 1. The molecule has 0 radical (unpaired) electrons. The van der Waals surface area contributed by atoms with E-state index in [9.17, 15) is 4.79 Å². The van der Waals surface area contributed by atoms with Crippen LogP contribution >= 0.6 is 35.3 Å².